The smallest absolute Gasteiger partial charge is 0.255 e. The van der Waals surface area contributed by atoms with Gasteiger partial charge in [-0.05, 0) is 55.0 Å². The highest BCUT2D eigenvalue weighted by atomic mass is 16.5. The van der Waals surface area contributed by atoms with Crippen LogP contribution in [-0.2, 0) is 6.61 Å². The number of hydrogen-bond donors (Lipinski definition) is 1. The average Bonchev–Trinajstić information content (AvgIpc) is 3.05. The third kappa shape index (κ3) is 4.37. The number of ether oxygens (including phenoxy) is 3. The number of hydrogen-bond acceptors (Lipinski definition) is 5. The number of aryl methyl sites for hydroxylation is 1. The normalized spacial score (nSPS) is 12.9. The van der Waals surface area contributed by atoms with E-state index in [9.17, 15) is 4.79 Å². The molecule has 0 radical (unpaired) electrons. The van der Waals surface area contributed by atoms with Crippen molar-refractivity contribution in [3.63, 3.8) is 0 Å². The number of nitrogens with zero attached hydrogens (tertiary/aromatic N) is 2. The fourth-order valence-electron chi connectivity index (χ4n) is 3.53. The van der Waals surface area contributed by atoms with Crippen molar-refractivity contribution in [1.29, 1.82) is 0 Å². The third-order valence-corrected chi connectivity index (χ3v) is 5.16. The molecule has 3 heterocycles. The van der Waals surface area contributed by atoms with Crippen LogP contribution in [0.3, 0.4) is 0 Å². The standard InChI is InChI=1S/C25H23N3O4/c1-17-3-10-24-26-20(15-28(24)14-17)16-32-21-7-4-18(5-8-21)25(29)27-19-6-9-22-23(13-19)31-12-2-11-30-22/h3-10,13-15H,2,11-12,16H2,1H3,(H,27,29). The lowest BCUT2D eigenvalue weighted by molar-refractivity contribution is 0.102. The van der Waals surface area contributed by atoms with Crippen LogP contribution >= 0.6 is 0 Å². The summed E-state index contributed by atoms with van der Waals surface area (Å²) in [5.41, 5.74) is 4.08. The molecule has 0 aliphatic carbocycles. The minimum atomic E-state index is -0.207. The molecular formula is C25H23N3O4. The summed E-state index contributed by atoms with van der Waals surface area (Å²) < 4.78 is 19.1. The Morgan fingerprint density at radius 1 is 1.03 bits per heavy atom. The molecule has 1 amide bonds. The summed E-state index contributed by atoms with van der Waals surface area (Å²) in [5.74, 6) is 1.81. The van der Waals surface area contributed by atoms with Crippen molar-refractivity contribution in [2.24, 2.45) is 0 Å². The Kier molecular flexibility index (Phi) is 5.37. The maximum atomic E-state index is 12.6. The molecule has 0 unspecified atom stereocenters. The number of anilines is 1. The SMILES string of the molecule is Cc1ccc2nc(COc3ccc(C(=O)Nc4ccc5c(c4)OCCCO5)cc3)cn2c1. The van der Waals surface area contributed by atoms with Gasteiger partial charge in [0.15, 0.2) is 11.5 Å². The molecule has 1 N–H and O–H groups in total. The first-order valence-corrected chi connectivity index (χ1v) is 10.5. The van der Waals surface area contributed by atoms with E-state index in [1.54, 1.807) is 36.4 Å². The van der Waals surface area contributed by atoms with E-state index in [0.717, 1.165) is 17.8 Å². The number of pyridine rings is 1. The molecule has 1 aliphatic heterocycles. The maximum absolute atomic E-state index is 12.6. The lowest BCUT2D eigenvalue weighted by Gasteiger charge is -2.11. The number of benzene rings is 2. The lowest BCUT2D eigenvalue weighted by Crippen LogP contribution is -2.12. The van der Waals surface area contributed by atoms with Crippen LogP contribution < -0.4 is 19.5 Å². The molecule has 2 aromatic carbocycles. The molecule has 0 fully saturated rings. The summed E-state index contributed by atoms with van der Waals surface area (Å²) in [6, 6.07) is 16.4. The fraction of sp³-hybridized carbons (Fsp3) is 0.200. The van der Waals surface area contributed by atoms with E-state index in [1.165, 1.54) is 5.56 Å². The molecule has 162 valence electrons. The van der Waals surface area contributed by atoms with Crippen LogP contribution in [0, 0.1) is 6.92 Å². The summed E-state index contributed by atoms with van der Waals surface area (Å²) in [5, 5.41) is 2.90. The molecule has 0 bridgehead atoms. The number of amides is 1. The van der Waals surface area contributed by atoms with Crippen LogP contribution in [0.25, 0.3) is 5.65 Å². The summed E-state index contributed by atoms with van der Waals surface area (Å²) in [7, 11) is 0. The van der Waals surface area contributed by atoms with Gasteiger partial charge in [0.1, 0.15) is 18.0 Å². The quantitative estimate of drug-likeness (QED) is 0.501. The first-order valence-electron chi connectivity index (χ1n) is 10.5. The molecule has 0 atom stereocenters. The zero-order valence-corrected chi connectivity index (χ0v) is 17.7. The molecule has 2 aromatic heterocycles. The highest BCUT2D eigenvalue weighted by Gasteiger charge is 2.13. The second kappa shape index (κ2) is 8.63. The fourth-order valence-corrected chi connectivity index (χ4v) is 3.53. The number of imidazole rings is 1. The molecule has 0 saturated carbocycles. The number of nitrogens with one attached hydrogen (secondary N) is 1. The van der Waals surface area contributed by atoms with Gasteiger partial charge < -0.3 is 23.9 Å². The minimum absolute atomic E-state index is 0.207. The molecular weight excluding hydrogens is 406 g/mol. The highest BCUT2D eigenvalue weighted by Crippen LogP contribution is 2.32. The Hall–Kier alpha value is -4.00. The van der Waals surface area contributed by atoms with Crippen molar-refractivity contribution >= 4 is 17.2 Å². The van der Waals surface area contributed by atoms with Gasteiger partial charge in [0.25, 0.3) is 5.91 Å². The Bertz CT molecular complexity index is 1260. The van der Waals surface area contributed by atoms with Crippen LogP contribution in [-0.4, -0.2) is 28.5 Å². The maximum Gasteiger partial charge on any atom is 0.255 e. The highest BCUT2D eigenvalue weighted by molar-refractivity contribution is 6.04. The van der Waals surface area contributed by atoms with Crippen molar-refractivity contribution in [2.75, 3.05) is 18.5 Å². The number of carbonyl (C=O) groups is 1. The number of aromatic nitrogens is 2. The Morgan fingerprint density at radius 3 is 2.69 bits per heavy atom. The van der Waals surface area contributed by atoms with Crippen LogP contribution in [0.4, 0.5) is 5.69 Å². The van der Waals surface area contributed by atoms with Crippen molar-refractivity contribution < 1.29 is 19.0 Å². The Balaban J connectivity index is 1.21. The number of carbonyl (C=O) groups excluding carboxylic acids is 1. The van der Waals surface area contributed by atoms with Gasteiger partial charge in [0.2, 0.25) is 0 Å². The molecule has 7 nitrogen and oxygen atoms in total. The Morgan fingerprint density at radius 2 is 1.84 bits per heavy atom. The largest absolute Gasteiger partial charge is 0.490 e. The average molecular weight is 429 g/mol. The van der Waals surface area contributed by atoms with Gasteiger partial charge in [0, 0.05) is 36.1 Å². The molecule has 5 rings (SSSR count). The van der Waals surface area contributed by atoms with Gasteiger partial charge in [-0.1, -0.05) is 6.07 Å². The van der Waals surface area contributed by atoms with E-state index in [2.05, 4.69) is 10.3 Å². The monoisotopic (exact) mass is 429 g/mol. The molecule has 32 heavy (non-hydrogen) atoms. The van der Waals surface area contributed by atoms with Gasteiger partial charge >= 0.3 is 0 Å². The van der Waals surface area contributed by atoms with E-state index in [0.29, 0.717) is 48.3 Å². The summed E-state index contributed by atoms with van der Waals surface area (Å²) in [6.45, 7) is 3.62. The van der Waals surface area contributed by atoms with Crippen LogP contribution in [0.15, 0.2) is 67.0 Å². The second-order valence-electron chi connectivity index (χ2n) is 7.68. The van der Waals surface area contributed by atoms with Crippen LogP contribution in [0.2, 0.25) is 0 Å². The summed E-state index contributed by atoms with van der Waals surface area (Å²) in [6.07, 6.45) is 4.82. The van der Waals surface area contributed by atoms with Crippen molar-refractivity contribution in [3.8, 4) is 17.2 Å². The summed E-state index contributed by atoms with van der Waals surface area (Å²) >= 11 is 0. The number of rotatable bonds is 5. The van der Waals surface area contributed by atoms with Gasteiger partial charge in [-0.3, -0.25) is 4.79 Å². The van der Waals surface area contributed by atoms with Crippen molar-refractivity contribution in [3.05, 3.63) is 83.8 Å². The minimum Gasteiger partial charge on any atom is -0.490 e. The Labute approximate surface area is 185 Å². The van der Waals surface area contributed by atoms with Crippen LogP contribution in [0.1, 0.15) is 28.0 Å². The topological polar surface area (TPSA) is 74.1 Å². The summed E-state index contributed by atoms with van der Waals surface area (Å²) in [4.78, 5) is 17.2. The van der Waals surface area contributed by atoms with Crippen molar-refractivity contribution in [2.45, 2.75) is 20.0 Å². The predicted octanol–water partition coefficient (Wildman–Crippen LogP) is 4.64. The lowest BCUT2D eigenvalue weighted by atomic mass is 10.2. The second-order valence-corrected chi connectivity index (χ2v) is 7.68. The van der Waals surface area contributed by atoms with Crippen molar-refractivity contribution in [1.82, 2.24) is 9.38 Å². The first kappa shape index (κ1) is 19.9. The molecule has 1 aliphatic rings. The van der Waals surface area contributed by atoms with Crippen LogP contribution in [0.5, 0.6) is 17.2 Å². The van der Waals surface area contributed by atoms with Gasteiger partial charge in [-0.25, -0.2) is 4.98 Å². The molecule has 0 spiro atoms. The van der Waals surface area contributed by atoms with E-state index in [-0.39, 0.29) is 5.91 Å². The van der Waals surface area contributed by atoms with E-state index < -0.39 is 0 Å². The molecule has 0 saturated heterocycles. The van der Waals surface area contributed by atoms with E-state index in [1.807, 2.05) is 41.9 Å². The van der Waals surface area contributed by atoms with Gasteiger partial charge in [-0.15, -0.1) is 0 Å². The zero-order chi connectivity index (χ0) is 21.9. The van der Waals surface area contributed by atoms with Gasteiger partial charge in [0.05, 0.1) is 18.9 Å². The third-order valence-electron chi connectivity index (χ3n) is 5.16. The predicted molar refractivity (Wildman–Crippen MR) is 121 cm³/mol. The van der Waals surface area contributed by atoms with E-state index in [4.69, 9.17) is 14.2 Å². The zero-order valence-electron chi connectivity index (χ0n) is 17.7. The molecule has 7 heteroatoms. The van der Waals surface area contributed by atoms with Gasteiger partial charge in [-0.2, -0.15) is 0 Å². The molecule has 4 aromatic rings. The number of fused-ring (bicyclic) bond motifs is 2. The first-order chi connectivity index (χ1) is 15.6. The van der Waals surface area contributed by atoms with E-state index >= 15 is 0 Å².